The number of carbonyl (C=O) groups is 1. The van der Waals surface area contributed by atoms with E-state index in [-0.39, 0.29) is 28.1 Å². The number of sulfone groups is 1. The smallest absolute Gasteiger partial charge is 0.237 e. The zero-order valence-corrected chi connectivity index (χ0v) is 20.1. The zero-order valence-electron chi connectivity index (χ0n) is 18.4. The molecule has 2 aromatic carbocycles. The van der Waals surface area contributed by atoms with Crippen molar-refractivity contribution < 1.29 is 18.3 Å². The number of aryl methyl sites for hydroxylation is 1. The number of amides is 1. The van der Waals surface area contributed by atoms with Crippen molar-refractivity contribution in [2.75, 3.05) is 5.32 Å². The summed E-state index contributed by atoms with van der Waals surface area (Å²) in [7, 11) is -3.62. The van der Waals surface area contributed by atoms with E-state index in [1.807, 2.05) is 13.8 Å². The molecule has 8 nitrogen and oxygen atoms in total. The lowest BCUT2D eigenvalue weighted by atomic mass is 10.2. The van der Waals surface area contributed by atoms with E-state index in [2.05, 4.69) is 22.1 Å². The second kappa shape index (κ2) is 10.7. The van der Waals surface area contributed by atoms with Gasteiger partial charge in [0.25, 0.3) is 0 Å². The molecule has 1 aromatic heterocycles. The van der Waals surface area contributed by atoms with E-state index in [4.69, 9.17) is 0 Å². The Bertz CT molecular complexity index is 1240. The number of nitrogens with one attached hydrogen (secondary N) is 1. The fraction of sp³-hybridized carbons (Fsp3) is 0.261. The van der Waals surface area contributed by atoms with Crippen molar-refractivity contribution in [2.45, 2.75) is 47.9 Å². The Balaban J connectivity index is 1.81. The molecule has 1 amide bonds. The standard InChI is InChI=1S/C23H26N4O4S2/c1-4-13-27-21(15-33(30,31)19-11-9-16(3)10-12-19)25-26-23(27)32-20(5-2)22(29)24-17-7-6-8-18(28)14-17/h4,6-12,14,20,28H,1,5,13,15H2,2-3H3,(H,24,29). The highest BCUT2D eigenvalue weighted by Crippen LogP contribution is 2.27. The summed E-state index contributed by atoms with van der Waals surface area (Å²) >= 11 is 1.20. The number of carbonyl (C=O) groups excluding carboxylic acids is 1. The van der Waals surface area contributed by atoms with E-state index in [1.54, 1.807) is 47.0 Å². The van der Waals surface area contributed by atoms with Gasteiger partial charge in [-0.1, -0.05) is 48.5 Å². The second-order valence-corrected chi connectivity index (χ2v) is 10.6. The molecule has 1 unspecified atom stereocenters. The van der Waals surface area contributed by atoms with Crippen molar-refractivity contribution in [1.29, 1.82) is 0 Å². The van der Waals surface area contributed by atoms with Gasteiger partial charge in [0.15, 0.2) is 15.0 Å². The van der Waals surface area contributed by atoms with E-state index in [0.717, 1.165) is 5.56 Å². The van der Waals surface area contributed by atoms with Crippen LogP contribution in [0.4, 0.5) is 5.69 Å². The lowest BCUT2D eigenvalue weighted by Crippen LogP contribution is -2.25. The molecular weight excluding hydrogens is 460 g/mol. The van der Waals surface area contributed by atoms with Gasteiger partial charge in [-0.25, -0.2) is 8.42 Å². The van der Waals surface area contributed by atoms with Crippen LogP contribution in [-0.2, 0) is 26.9 Å². The number of phenols is 1. The van der Waals surface area contributed by atoms with Gasteiger partial charge in [-0.05, 0) is 37.6 Å². The average molecular weight is 487 g/mol. The third-order valence-corrected chi connectivity index (χ3v) is 7.80. The first kappa shape index (κ1) is 24.5. The fourth-order valence-electron chi connectivity index (χ4n) is 3.08. The van der Waals surface area contributed by atoms with Crippen LogP contribution in [0.1, 0.15) is 24.7 Å². The molecule has 1 atom stereocenters. The number of thioether (sulfide) groups is 1. The molecule has 3 rings (SSSR count). The molecule has 0 aliphatic heterocycles. The maximum atomic E-state index is 12.9. The summed E-state index contributed by atoms with van der Waals surface area (Å²) in [6.45, 7) is 7.81. The maximum absolute atomic E-state index is 12.9. The highest BCUT2D eigenvalue weighted by Gasteiger charge is 2.25. The molecule has 33 heavy (non-hydrogen) atoms. The Morgan fingerprint density at radius 2 is 1.97 bits per heavy atom. The Kier molecular flexibility index (Phi) is 7.93. The van der Waals surface area contributed by atoms with E-state index in [9.17, 15) is 18.3 Å². The molecule has 0 aliphatic carbocycles. The SMILES string of the molecule is C=CCn1c(CS(=O)(=O)c2ccc(C)cc2)nnc1SC(CC)C(=O)Nc1cccc(O)c1. The van der Waals surface area contributed by atoms with Gasteiger partial charge >= 0.3 is 0 Å². The van der Waals surface area contributed by atoms with Gasteiger partial charge in [0.05, 0.1) is 10.1 Å². The van der Waals surface area contributed by atoms with E-state index in [0.29, 0.717) is 23.8 Å². The molecule has 1 heterocycles. The van der Waals surface area contributed by atoms with Crippen LogP contribution < -0.4 is 5.32 Å². The largest absolute Gasteiger partial charge is 0.508 e. The van der Waals surface area contributed by atoms with Gasteiger partial charge in [-0.15, -0.1) is 16.8 Å². The van der Waals surface area contributed by atoms with Crippen LogP contribution in [0.25, 0.3) is 0 Å². The van der Waals surface area contributed by atoms with E-state index >= 15 is 0 Å². The van der Waals surface area contributed by atoms with Crippen molar-refractivity contribution in [2.24, 2.45) is 0 Å². The molecule has 0 radical (unpaired) electrons. The molecule has 0 saturated carbocycles. The van der Waals surface area contributed by atoms with Crippen molar-refractivity contribution in [1.82, 2.24) is 14.8 Å². The zero-order chi connectivity index (χ0) is 24.0. The van der Waals surface area contributed by atoms with Crippen LogP contribution >= 0.6 is 11.8 Å². The first-order valence-electron chi connectivity index (χ1n) is 10.3. The Morgan fingerprint density at radius 1 is 1.24 bits per heavy atom. The van der Waals surface area contributed by atoms with Gasteiger partial charge < -0.3 is 15.0 Å². The second-order valence-electron chi connectivity index (χ2n) is 7.42. The Hall–Kier alpha value is -3.11. The number of benzene rings is 2. The van der Waals surface area contributed by atoms with Crippen LogP contribution in [-0.4, -0.2) is 39.4 Å². The quantitative estimate of drug-likeness (QED) is 0.329. The monoisotopic (exact) mass is 486 g/mol. The fourth-order valence-corrected chi connectivity index (χ4v) is 5.33. The Morgan fingerprint density at radius 3 is 2.61 bits per heavy atom. The average Bonchev–Trinajstić information content (AvgIpc) is 3.13. The minimum absolute atomic E-state index is 0.0543. The van der Waals surface area contributed by atoms with Crippen molar-refractivity contribution in [3.8, 4) is 5.75 Å². The number of hydrogen-bond donors (Lipinski definition) is 2. The van der Waals surface area contributed by atoms with Crippen LogP contribution in [0.15, 0.2) is 71.2 Å². The molecule has 174 valence electrons. The minimum Gasteiger partial charge on any atom is -0.508 e. The topological polar surface area (TPSA) is 114 Å². The molecule has 10 heteroatoms. The summed E-state index contributed by atoms with van der Waals surface area (Å²) in [5.74, 6) is -0.237. The number of anilines is 1. The normalized spacial score (nSPS) is 12.3. The van der Waals surface area contributed by atoms with E-state index < -0.39 is 15.1 Å². The van der Waals surface area contributed by atoms with Crippen molar-refractivity contribution in [3.63, 3.8) is 0 Å². The lowest BCUT2D eigenvalue weighted by Gasteiger charge is -2.15. The molecule has 0 spiro atoms. The third kappa shape index (κ3) is 6.23. The van der Waals surface area contributed by atoms with Crippen LogP contribution in [0.3, 0.4) is 0 Å². The number of aromatic hydroxyl groups is 1. The van der Waals surface area contributed by atoms with E-state index in [1.165, 1.54) is 23.9 Å². The first-order valence-corrected chi connectivity index (χ1v) is 12.9. The predicted octanol–water partition coefficient (Wildman–Crippen LogP) is 3.96. The molecule has 0 bridgehead atoms. The summed E-state index contributed by atoms with van der Waals surface area (Å²) in [5.41, 5.74) is 1.45. The molecule has 0 aliphatic rings. The van der Waals surface area contributed by atoms with Gasteiger partial charge in [0.1, 0.15) is 17.3 Å². The van der Waals surface area contributed by atoms with Gasteiger partial charge in [0.2, 0.25) is 5.91 Å². The first-order chi connectivity index (χ1) is 15.7. The number of allylic oxidation sites excluding steroid dienone is 1. The Labute approximate surface area is 197 Å². The van der Waals surface area contributed by atoms with Crippen LogP contribution in [0, 0.1) is 6.92 Å². The third-order valence-electron chi connectivity index (χ3n) is 4.83. The number of nitrogens with zero attached hydrogens (tertiary/aromatic N) is 3. The minimum atomic E-state index is -3.62. The molecule has 0 fully saturated rings. The van der Waals surface area contributed by atoms with Gasteiger partial charge in [-0.2, -0.15) is 0 Å². The maximum Gasteiger partial charge on any atom is 0.237 e. The summed E-state index contributed by atoms with van der Waals surface area (Å²) < 4.78 is 27.5. The van der Waals surface area contributed by atoms with Crippen LogP contribution in [0.2, 0.25) is 0 Å². The number of rotatable bonds is 10. The van der Waals surface area contributed by atoms with Crippen LogP contribution in [0.5, 0.6) is 5.75 Å². The number of phenolic OH excluding ortho intramolecular Hbond substituents is 1. The summed E-state index contributed by atoms with van der Waals surface area (Å²) in [5, 5.41) is 20.6. The summed E-state index contributed by atoms with van der Waals surface area (Å²) in [6, 6.07) is 13.0. The highest BCUT2D eigenvalue weighted by molar-refractivity contribution is 8.00. The summed E-state index contributed by atoms with van der Waals surface area (Å²) in [4.78, 5) is 13.0. The lowest BCUT2D eigenvalue weighted by molar-refractivity contribution is -0.115. The summed E-state index contributed by atoms with van der Waals surface area (Å²) in [6.07, 6.45) is 2.14. The van der Waals surface area contributed by atoms with Gasteiger partial charge in [0, 0.05) is 18.3 Å². The highest BCUT2D eigenvalue weighted by atomic mass is 32.2. The predicted molar refractivity (Wildman–Crippen MR) is 129 cm³/mol. The molecular formula is C23H26N4O4S2. The molecule has 0 saturated heterocycles. The van der Waals surface area contributed by atoms with Gasteiger partial charge in [-0.3, -0.25) is 4.79 Å². The molecule has 2 N–H and O–H groups in total. The number of aromatic nitrogens is 3. The van der Waals surface area contributed by atoms with Crippen molar-refractivity contribution in [3.05, 3.63) is 72.6 Å². The number of hydrogen-bond acceptors (Lipinski definition) is 7. The molecule has 3 aromatic rings. The van der Waals surface area contributed by atoms with Crippen molar-refractivity contribution >= 4 is 33.2 Å².